The van der Waals surface area contributed by atoms with E-state index in [1.807, 2.05) is 43.2 Å². The average Bonchev–Trinajstić information content (AvgIpc) is 3.56. The van der Waals surface area contributed by atoms with Gasteiger partial charge in [-0.3, -0.25) is 14.4 Å². The number of rotatable bonds is 3. The van der Waals surface area contributed by atoms with E-state index in [1.165, 1.54) is 11.1 Å². The molecular weight excluding hydrogens is 446 g/mol. The molecular formula is C26H26ClN7. The number of anilines is 1. The average molecular weight is 472 g/mol. The fourth-order valence-electron chi connectivity index (χ4n) is 5.98. The Morgan fingerprint density at radius 1 is 1.00 bits per heavy atom. The van der Waals surface area contributed by atoms with Crippen molar-refractivity contribution >= 4 is 22.9 Å². The molecule has 1 saturated carbocycles. The molecule has 7 nitrogen and oxygen atoms in total. The molecule has 1 spiro atoms. The van der Waals surface area contributed by atoms with Gasteiger partial charge in [-0.25, -0.2) is 9.97 Å². The van der Waals surface area contributed by atoms with Crippen molar-refractivity contribution in [1.82, 2.24) is 24.3 Å². The van der Waals surface area contributed by atoms with Crippen LogP contribution in [0.4, 0.5) is 5.82 Å². The maximum absolute atomic E-state index is 6.79. The Bertz CT molecular complexity index is 1400. The van der Waals surface area contributed by atoms with Crippen molar-refractivity contribution in [1.29, 1.82) is 0 Å². The van der Waals surface area contributed by atoms with E-state index in [2.05, 4.69) is 25.3 Å². The lowest BCUT2D eigenvalue weighted by Gasteiger charge is -2.42. The Morgan fingerprint density at radius 2 is 1.85 bits per heavy atom. The van der Waals surface area contributed by atoms with Gasteiger partial charge in [0.05, 0.1) is 16.9 Å². The lowest BCUT2D eigenvalue weighted by molar-refractivity contribution is 0.187. The van der Waals surface area contributed by atoms with Crippen molar-refractivity contribution in [3.8, 4) is 11.4 Å². The number of pyridine rings is 2. The van der Waals surface area contributed by atoms with Crippen LogP contribution < -0.4 is 10.6 Å². The van der Waals surface area contributed by atoms with Gasteiger partial charge in [-0.15, -0.1) is 0 Å². The molecule has 5 heterocycles. The van der Waals surface area contributed by atoms with Gasteiger partial charge in [0.2, 0.25) is 0 Å². The summed E-state index contributed by atoms with van der Waals surface area (Å²) in [5.41, 5.74) is 12.4. The van der Waals surface area contributed by atoms with E-state index >= 15 is 0 Å². The highest BCUT2D eigenvalue weighted by molar-refractivity contribution is 6.33. The molecule has 4 aromatic rings. The number of imidazole rings is 1. The molecule has 1 atom stereocenters. The smallest absolute Gasteiger partial charge is 0.154 e. The van der Waals surface area contributed by atoms with Gasteiger partial charge in [0.25, 0.3) is 0 Å². The highest BCUT2D eigenvalue weighted by atomic mass is 35.5. The first-order valence-electron chi connectivity index (χ1n) is 12.0. The monoisotopic (exact) mass is 471 g/mol. The van der Waals surface area contributed by atoms with Gasteiger partial charge in [0.15, 0.2) is 5.82 Å². The van der Waals surface area contributed by atoms with Crippen LogP contribution in [0.5, 0.6) is 0 Å². The molecule has 4 aromatic heterocycles. The minimum absolute atomic E-state index is 0.0539. The van der Waals surface area contributed by atoms with Gasteiger partial charge in [0, 0.05) is 61.6 Å². The Morgan fingerprint density at radius 3 is 2.65 bits per heavy atom. The first kappa shape index (κ1) is 20.4. The molecule has 2 N–H and O–H groups in total. The van der Waals surface area contributed by atoms with Crippen molar-refractivity contribution in [2.24, 2.45) is 11.1 Å². The highest BCUT2D eigenvalue weighted by Crippen LogP contribution is 2.51. The highest BCUT2D eigenvalue weighted by Gasteiger charge is 2.46. The first-order chi connectivity index (χ1) is 16.6. The lowest BCUT2D eigenvalue weighted by atomic mass is 9.73. The topological polar surface area (TPSA) is 85.2 Å². The van der Waals surface area contributed by atoms with Gasteiger partial charge in [-0.05, 0) is 60.8 Å². The van der Waals surface area contributed by atoms with Crippen molar-refractivity contribution in [3.63, 3.8) is 0 Å². The zero-order valence-electron chi connectivity index (χ0n) is 18.9. The third-order valence-corrected chi connectivity index (χ3v) is 8.50. The number of aromatic nitrogens is 5. The Balaban J connectivity index is 1.19. The second-order valence-corrected chi connectivity index (χ2v) is 10.4. The van der Waals surface area contributed by atoms with Gasteiger partial charge >= 0.3 is 0 Å². The summed E-state index contributed by atoms with van der Waals surface area (Å²) in [6.45, 7) is 1.84. The van der Waals surface area contributed by atoms with Crippen molar-refractivity contribution in [2.45, 2.75) is 44.1 Å². The Hall–Kier alpha value is -3.03. The van der Waals surface area contributed by atoms with Crippen LogP contribution in [0, 0.1) is 5.41 Å². The molecule has 1 aliphatic heterocycles. The van der Waals surface area contributed by atoms with E-state index in [0.717, 1.165) is 78.6 Å². The third-order valence-electron chi connectivity index (χ3n) is 8.10. The summed E-state index contributed by atoms with van der Waals surface area (Å²) < 4.78 is 2.10. The Kier molecular flexibility index (Phi) is 4.48. The molecule has 2 fully saturated rings. The molecule has 2 aliphatic carbocycles. The van der Waals surface area contributed by atoms with E-state index in [0.29, 0.717) is 5.92 Å². The van der Waals surface area contributed by atoms with E-state index in [-0.39, 0.29) is 11.5 Å². The van der Waals surface area contributed by atoms with Crippen molar-refractivity contribution in [2.75, 3.05) is 18.0 Å². The largest absolute Gasteiger partial charge is 0.355 e. The maximum atomic E-state index is 6.79. The van der Waals surface area contributed by atoms with Gasteiger partial charge < -0.3 is 10.6 Å². The zero-order chi connectivity index (χ0) is 22.9. The fourth-order valence-corrected chi connectivity index (χ4v) is 6.33. The van der Waals surface area contributed by atoms with Crippen LogP contribution >= 0.6 is 11.6 Å². The van der Waals surface area contributed by atoms with Crippen molar-refractivity contribution in [3.05, 3.63) is 71.2 Å². The van der Waals surface area contributed by atoms with Crippen molar-refractivity contribution < 1.29 is 0 Å². The molecule has 8 heteroatoms. The number of piperidine rings is 1. The summed E-state index contributed by atoms with van der Waals surface area (Å²) >= 11 is 6.79. The van der Waals surface area contributed by atoms with Gasteiger partial charge in [-0.1, -0.05) is 11.6 Å². The number of hydrogen-bond donors (Lipinski definition) is 1. The third kappa shape index (κ3) is 3.00. The molecule has 7 rings (SSSR count). The standard InChI is InChI=1S/C26H26ClN7/c27-21-18(4-8-30-22(21)16-1-2-16)24-32-15-20-25(31-9-12-34(20)24)33-10-5-26(6-11-33)13-17-3-7-29-14-19(17)23(26)28/h3-4,7-9,12,14-16,23H,1-2,5-6,10-11,13,28H2. The summed E-state index contributed by atoms with van der Waals surface area (Å²) in [4.78, 5) is 20.8. The van der Waals surface area contributed by atoms with Gasteiger partial charge in [0.1, 0.15) is 11.3 Å². The molecule has 172 valence electrons. The maximum Gasteiger partial charge on any atom is 0.154 e. The van der Waals surface area contributed by atoms with Crippen LogP contribution in [0.25, 0.3) is 16.9 Å². The van der Waals surface area contributed by atoms with Crippen LogP contribution in [0.2, 0.25) is 5.02 Å². The molecule has 0 aromatic carbocycles. The molecule has 1 unspecified atom stereocenters. The zero-order valence-corrected chi connectivity index (χ0v) is 19.6. The minimum Gasteiger partial charge on any atom is -0.355 e. The predicted molar refractivity (Wildman–Crippen MR) is 132 cm³/mol. The van der Waals surface area contributed by atoms with E-state index in [9.17, 15) is 0 Å². The van der Waals surface area contributed by atoms with Crippen LogP contribution in [0.1, 0.15) is 54.5 Å². The number of nitrogens with zero attached hydrogens (tertiary/aromatic N) is 6. The molecule has 34 heavy (non-hydrogen) atoms. The van der Waals surface area contributed by atoms with Gasteiger partial charge in [-0.2, -0.15) is 0 Å². The number of nitrogens with two attached hydrogens (primary N) is 1. The molecule has 0 amide bonds. The summed E-state index contributed by atoms with van der Waals surface area (Å²) in [7, 11) is 0. The SMILES string of the molecule is NC1c2cnccc2CC12CCN(c1nccn3c(-c4ccnc(C5CC5)c4Cl)ncc13)CC2. The van der Waals surface area contributed by atoms with E-state index < -0.39 is 0 Å². The molecule has 3 aliphatic rings. The lowest BCUT2D eigenvalue weighted by Crippen LogP contribution is -2.44. The van der Waals surface area contributed by atoms with Crippen LogP contribution in [-0.4, -0.2) is 37.4 Å². The Labute approximate surface area is 203 Å². The van der Waals surface area contributed by atoms with E-state index in [4.69, 9.17) is 27.3 Å². The summed E-state index contributed by atoms with van der Waals surface area (Å²) in [5.74, 6) is 2.29. The quantitative estimate of drug-likeness (QED) is 0.471. The normalized spacial score (nSPS) is 21.4. The molecule has 0 bridgehead atoms. The van der Waals surface area contributed by atoms with Crippen LogP contribution in [0.3, 0.4) is 0 Å². The number of fused-ring (bicyclic) bond motifs is 2. The summed E-state index contributed by atoms with van der Waals surface area (Å²) in [6, 6.07) is 4.14. The number of halogens is 1. The molecule has 1 saturated heterocycles. The fraction of sp³-hybridized carbons (Fsp3) is 0.385. The van der Waals surface area contributed by atoms with E-state index in [1.54, 1.807) is 0 Å². The minimum atomic E-state index is 0.0539. The van der Waals surface area contributed by atoms with Crippen LogP contribution in [-0.2, 0) is 6.42 Å². The summed E-state index contributed by atoms with van der Waals surface area (Å²) in [5, 5.41) is 0.722. The molecule has 0 radical (unpaired) electrons. The first-order valence-corrected chi connectivity index (χ1v) is 12.4. The number of hydrogen-bond acceptors (Lipinski definition) is 6. The second kappa shape index (κ2) is 7.48. The predicted octanol–water partition coefficient (Wildman–Crippen LogP) is 4.56. The second-order valence-electron chi connectivity index (χ2n) is 10.00. The summed E-state index contributed by atoms with van der Waals surface area (Å²) in [6.07, 6.45) is 16.9. The van der Waals surface area contributed by atoms with Crippen LogP contribution in [0.15, 0.2) is 49.3 Å².